The lowest BCUT2D eigenvalue weighted by molar-refractivity contribution is -0.118. The van der Waals surface area contributed by atoms with E-state index in [-0.39, 0.29) is 10.8 Å². The number of sulfonamides is 1. The number of fused-ring (bicyclic) bond motifs is 1. The second-order valence-electron chi connectivity index (χ2n) is 7.88. The lowest BCUT2D eigenvalue weighted by Gasteiger charge is -2.16. The van der Waals surface area contributed by atoms with Crippen molar-refractivity contribution in [2.45, 2.75) is 23.2 Å². The van der Waals surface area contributed by atoms with Gasteiger partial charge in [-0.15, -0.1) is 0 Å². The summed E-state index contributed by atoms with van der Waals surface area (Å²) in [6, 6.07) is 19.8. The number of carbonyl (C=O) groups excluding carboxylic acids is 1. The number of hydrogen-bond acceptors (Lipinski definition) is 5. The highest BCUT2D eigenvalue weighted by Gasteiger charge is 2.51. The van der Waals surface area contributed by atoms with Gasteiger partial charge in [0.2, 0.25) is 15.9 Å². The van der Waals surface area contributed by atoms with Crippen molar-refractivity contribution in [2.75, 3.05) is 12.4 Å². The van der Waals surface area contributed by atoms with Crippen LogP contribution < -0.4 is 10.0 Å². The number of hydrogen-bond donors (Lipinski definition) is 2. The van der Waals surface area contributed by atoms with Gasteiger partial charge < -0.3 is 9.73 Å². The molecule has 4 aromatic rings. The molecule has 0 bridgehead atoms. The van der Waals surface area contributed by atoms with E-state index in [2.05, 4.69) is 15.0 Å². The number of rotatable bonds is 6. The Bertz CT molecular complexity index is 1420. The fraction of sp³-hybridized carbons (Fsp3) is 0.167. The monoisotopic (exact) mass is 447 g/mol. The SMILES string of the molecule is CNS(=O)(=O)c1ccc(-c2cccc(NC(=O)C3(c4ccc5ocnc5c4)CC3)c2)cc1. The Morgan fingerprint density at radius 1 is 1.00 bits per heavy atom. The molecule has 3 aromatic carbocycles. The summed E-state index contributed by atoms with van der Waals surface area (Å²) in [6.45, 7) is 0. The maximum Gasteiger partial charge on any atom is 0.240 e. The van der Waals surface area contributed by atoms with Gasteiger partial charge in [-0.2, -0.15) is 0 Å². The molecule has 0 unspecified atom stereocenters. The van der Waals surface area contributed by atoms with E-state index >= 15 is 0 Å². The molecule has 0 spiro atoms. The molecule has 162 valence electrons. The van der Waals surface area contributed by atoms with Crippen LogP contribution in [0.4, 0.5) is 5.69 Å². The highest BCUT2D eigenvalue weighted by Crippen LogP contribution is 2.49. The third-order valence-corrected chi connectivity index (χ3v) is 7.38. The molecule has 1 aliphatic rings. The minimum Gasteiger partial charge on any atom is -0.443 e. The molecule has 1 aliphatic carbocycles. The normalized spacial score (nSPS) is 14.9. The Morgan fingerprint density at radius 2 is 1.78 bits per heavy atom. The van der Waals surface area contributed by atoms with Crippen LogP contribution in [0, 0.1) is 0 Å². The number of benzene rings is 3. The second kappa shape index (κ2) is 7.58. The van der Waals surface area contributed by atoms with Crippen LogP contribution in [-0.2, 0) is 20.2 Å². The standard InChI is InChI=1S/C24H21N3O4S/c1-25-32(29,30)20-8-5-16(6-9-20)17-3-2-4-19(13-17)27-23(28)24(11-12-24)18-7-10-22-21(14-18)26-15-31-22/h2-10,13-15,25H,11-12H2,1H3,(H,27,28). The van der Waals surface area contributed by atoms with Crippen molar-refractivity contribution >= 4 is 32.7 Å². The molecule has 0 atom stereocenters. The number of amides is 1. The van der Waals surface area contributed by atoms with Crippen molar-refractivity contribution in [2.24, 2.45) is 0 Å². The van der Waals surface area contributed by atoms with Gasteiger partial charge in [0, 0.05) is 5.69 Å². The largest absolute Gasteiger partial charge is 0.443 e. The highest BCUT2D eigenvalue weighted by atomic mass is 32.2. The highest BCUT2D eigenvalue weighted by molar-refractivity contribution is 7.89. The van der Waals surface area contributed by atoms with Crippen LogP contribution >= 0.6 is 0 Å². The molecule has 1 heterocycles. The topological polar surface area (TPSA) is 101 Å². The van der Waals surface area contributed by atoms with E-state index in [1.54, 1.807) is 24.3 Å². The molecule has 0 saturated heterocycles. The fourth-order valence-corrected chi connectivity index (χ4v) is 4.63. The van der Waals surface area contributed by atoms with Gasteiger partial charge in [-0.25, -0.2) is 18.1 Å². The van der Waals surface area contributed by atoms with E-state index in [1.807, 2.05) is 42.5 Å². The zero-order valence-corrected chi connectivity index (χ0v) is 18.1. The average molecular weight is 448 g/mol. The summed E-state index contributed by atoms with van der Waals surface area (Å²) >= 11 is 0. The van der Waals surface area contributed by atoms with Crippen molar-refractivity contribution in [3.8, 4) is 11.1 Å². The molecule has 8 heteroatoms. The Hall–Kier alpha value is -3.49. The van der Waals surface area contributed by atoms with Crippen LogP contribution in [0.5, 0.6) is 0 Å². The van der Waals surface area contributed by atoms with E-state index in [0.29, 0.717) is 11.3 Å². The van der Waals surface area contributed by atoms with Gasteiger partial charge in [0.25, 0.3) is 0 Å². The zero-order chi connectivity index (χ0) is 22.3. The molecular weight excluding hydrogens is 426 g/mol. The molecule has 0 aliphatic heterocycles. The van der Waals surface area contributed by atoms with Crippen LogP contribution in [0.2, 0.25) is 0 Å². The van der Waals surface area contributed by atoms with Crippen molar-refractivity contribution < 1.29 is 17.6 Å². The Labute approximate surface area is 185 Å². The summed E-state index contributed by atoms with van der Waals surface area (Å²) in [4.78, 5) is 17.6. The number of nitrogens with zero attached hydrogens (tertiary/aromatic N) is 1. The smallest absolute Gasteiger partial charge is 0.240 e. The van der Waals surface area contributed by atoms with Gasteiger partial charge in [0.1, 0.15) is 5.52 Å². The molecule has 1 amide bonds. The van der Waals surface area contributed by atoms with E-state index in [1.165, 1.54) is 13.4 Å². The van der Waals surface area contributed by atoms with Gasteiger partial charge in [0.15, 0.2) is 12.0 Å². The Morgan fingerprint density at radius 3 is 2.50 bits per heavy atom. The van der Waals surface area contributed by atoms with Crippen molar-refractivity contribution in [1.82, 2.24) is 9.71 Å². The number of oxazole rings is 1. The van der Waals surface area contributed by atoms with Crippen LogP contribution in [0.25, 0.3) is 22.2 Å². The molecular formula is C24H21N3O4S. The average Bonchev–Trinajstić information content (AvgIpc) is 3.50. The van der Waals surface area contributed by atoms with E-state index in [4.69, 9.17) is 4.42 Å². The third kappa shape index (κ3) is 3.57. The maximum atomic E-state index is 13.2. The fourth-order valence-electron chi connectivity index (χ4n) is 3.90. The molecule has 5 rings (SSSR count). The van der Waals surface area contributed by atoms with Gasteiger partial charge in [-0.3, -0.25) is 4.79 Å². The van der Waals surface area contributed by atoms with Crippen LogP contribution in [-0.4, -0.2) is 26.4 Å². The molecule has 2 N–H and O–H groups in total. The molecule has 32 heavy (non-hydrogen) atoms. The lowest BCUT2D eigenvalue weighted by Crippen LogP contribution is -2.27. The quantitative estimate of drug-likeness (QED) is 0.464. The van der Waals surface area contributed by atoms with Crippen molar-refractivity contribution in [3.63, 3.8) is 0 Å². The van der Waals surface area contributed by atoms with Gasteiger partial charge in [-0.05, 0) is 73.0 Å². The first-order valence-corrected chi connectivity index (χ1v) is 11.7. The van der Waals surface area contributed by atoms with Gasteiger partial charge in [0.05, 0.1) is 10.3 Å². The summed E-state index contributed by atoms with van der Waals surface area (Å²) in [5.41, 5.74) is 4.26. The number of carbonyl (C=O) groups is 1. The summed E-state index contributed by atoms with van der Waals surface area (Å²) in [7, 11) is -2.10. The van der Waals surface area contributed by atoms with E-state index < -0.39 is 15.4 Å². The maximum absolute atomic E-state index is 13.2. The lowest BCUT2D eigenvalue weighted by atomic mass is 9.94. The summed E-state index contributed by atoms with van der Waals surface area (Å²) in [6.07, 6.45) is 2.97. The van der Waals surface area contributed by atoms with Gasteiger partial charge >= 0.3 is 0 Å². The predicted octanol–water partition coefficient (Wildman–Crippen LogP) is 4.07. The minimum atomic E-state index is -3.48. The van der Waals surface area contributed by atoms with Crippen LogP contribution in [0.15, 0.2) is 82.4 Å². The minimum absolute atomic E-state index is 0.0482. The van der Waals surface area contributed by atoms with E-state index in [0.717, 1.165) is 35.0 Å². The summed E-state index contributed by atoms with van der Waals surface area (Å²) in [5.74, 6) is -0.0482. The van der Waals surface area contributed by atoms with Crippen molar-refractivity contribution in [3.05, 3.63) is 78.7 Å². The number of anilines is 1. The molecule has 1 saturated carbocycles. The third-order valence-electron chi connectivity index (χ3n) is 5.95. The zero-order valence-electron chi connectivity index (χ0n) is 17.3. The Kier molecular flexibility index (Phi) is 4.83. The van der Waals surface area contributed by atoms with Gasteiger partial charge in [-0.1, -0.05) is 30.3 Å². The second-order valence-corrected chi connectivity index (χ2v) is 9.77. The number of nitrogens with one attached hydrogen (secondary N) is 2. The molecule has 0 radical (unpaired) electrons. The first-order chi connectivity index (χ1) is 15.4. The summed E-state index contributed by atoms with van der Waals surface area (Å²) in [5, 5.41) is 3.05. The van der Waals surface area contributed by atoms with E-state index in [9.17, 15) is 13.2 Å². The molecule has 1 fully saturated rings. The first-order valence-electron chi connectivity index (χ1n) is 10.2. The first kappa shape index (κ1) is 20.4. The molecule has 7 nitrogen and oxygen atoms in total. The van der Waals surface area contributed by atoms with Crippen LogP contribution in [0.1, 0.15) is 18.4 Å². The predicted molar refractivity (Wildman–Crippen MR) is 122 cm³/mol. The Balaban J connectivity index is 1.37. The van der Waals surface area contributed by atoms with Crippen LogP contribution in [0.3, 0.4) is 0 Å². The molecule has 1 aromatic heterocycles. The number of aromatic nitrogens is 1. The van der Waals surface area contributed by atoms with Crippen molar-refractivity contribution in [1.29, 1.82) is 0 Å². The summed E-state index contributed by atoms with van der Waals surface area (Å²) < 4.78 is 31.5.